The third-order valence-corrected chi connectivity index (χ3v) is 2.80. The van der Waals surface area contributed by atoms with Gasteiger partial charge in [0, 0.05) is 18.0 Å². The molecule has 0 unspecified atom stereocenters. The summed E-state index contributed by atoms with van der Waals surface area (Å²) >= 11 is 5.55. The monoisotopic (exact) mass is 279 g/mol. The first-order chi connectivity index (χ1) is 9.20. The van der Waals surface area contributed by atoms with Crippen LogP contribution in [-0.2, 0) is 4.79 Å². The largest absolute Gasteiger partial charge is 0.326 e. The van der Waals surface area contributed by atoms with Crippen molar-refractivity contribution in [3.63, 3.8) is 0 Å². The van der Waals surface area contributed by atoms with Gasteiger partial charge in [-0.25, -0.2) is 0 Å². The van der Waals surface area contributed by atoms with E-state index in [0.29, 0.717) is 30.2 Å². The maximum Gasteiger partial charge on any atom is 0.224 e. The van der Waals surface area contributed by atoms with E-state index < -0.39 is 0 Å². The Labute approximate surface area is 115 Å². The van der Waals surface area contributed by atoms with Gasteiger partial charge in [-0.1, -0.05) is 6.07 Å². The van der Waals surface area contributed by atoms with Gasteiger partial charge in [0.05, 0.1) is 5.69 Å². The summed E-state index contributed by atoms with van der Waals surface area (Å²) in [5.74, 6) is 1.12. The standard InChI is InChI=1S/C12H14ClN5O/c1-9-15-16-17-18(9)11-5-2-4-10(8-11)14-12(19)6-3-7-13/h2,4-5,8H,3,6-7H2,1H3,(H,14,19). The first-order valence-corrected chi connectivity index (χ1v) is 6.45. The van der Waals surface area contributed by atoms with Gasteiger partial charge in [0.1, 0.15) is 0 Å². The van der Waals surface area contributed by atoms with E-state index in [1.165, 1.54) is 0 Å². The molecule has 0 bridgehead atoms. The zero-order valence-electron chi connectivity index (χ0n) is 10.5. The van der Waals surface area contributed by atoms with Crippen molar-refractivity contribution in [3.8, 4) is 5.69 Å². The van der Waals surface area contributed by atoms with Crippen LogP contribution >= 0.6 is 11.6 Å². The van der Waals surface area contributed by atoms with E-state index in [2.05, 4.69) is 20.8 Å². The van der Waals surface area contributed by atoms with Crippen LogP contribution in [0.1, 0.15) is 18.7 Å². The number of tetrazole rings is 1. The number of nitrogens with one attached hydrogen (secondary N) is 1. The third-order valence-electron chi connectivity index (χ3n) is 2.54. The fourth-order valence-corrected chi connectivity index (χ4v) is 1.77. The van der Waals surface area contributed by atoms with Crippen LogP contribution in [0.25, 0.3) is 5.69 Å². The topological polar surface area (TPSA) is 72.7 Å². The summed E-state index contributed by atoms with van der Waals surface area (Å²) in [5.41, 5.74) is 1.52. The molecule has 0 aliphatic rings. The molecule has 1 heterocycles. The Morgan fingerprint density at radius 1 is 1.47 bits per heavy atom. The van der Waals surface area contributed by atoms with Gasteiger partial charge in [0.2, 0.25) is 5.91 Å². The minimum atomic E-state index is -0.0498. The second-order valence-corrected chi connectivity index (χ2v) is 4.41. The summed E-state index contributed by atoms with van der Waals surface area (Å²) in [7, 11) is 0. The van der Waals surface area contributed by atoms with E-state index >= 15 is 0 Å². The molecule has 0 radical (unpaired) electrons. The number of aromatic nitrogens is 4. The van der Waals surface area contributed by atoms with E-state index in [1.54, 1.807) is 4.68 Å². The lowest BCUT2D eigenvalue weighted by atomic mass is 10.2. The predicted molar refractivity (Wildman–Crippen MR) is 72.5 cm³/mol. The summed E-state index contributed by atoms with van der Waals surface area (Å²) < 4.78 is 1.61. The summed E-state index contributed by atoms with van der Waals surface area (Å²) in [5, 5.41) is 14.1. The Morgan fingerprint density at radius 2 is 2.32 bits per heavy atom. The molecule has 19 heavy (non-hydrogen) atoms. The highest BCUT2D eigenvalue weighted by Gasteiger charge is 2.06. The lowest BCUT2D eigenvalue weighted by molar-refractivity contribution is -0.116. The van der Waals surface area contributed by atoms with Gasteiger partial charge >= 0.3 is 0 Å². The molecule has 1 amide bonds. The quantitative estimate of drug-likeness (QED) is 0.849. The number of anilines is 1. The van der Waals surface area contributed by atoms with E-state index in [0.717, 1.165) is 5.69 Å². The minimum absolute atomic E-state index is 0.0498. The Hall–Kier alpha value is -1.95. The van der Waals surface area contributed by atoms with E-state index in [-0.39, 0.29) is 5.91 Å². The highest BCUT2D eigenvalue weighted by molar-refractivity contribution is 6.18. The van der Waals surface area contributed by atoms with E-state index in [9.17, 15) is 4.79 Å². The van der Waals surface area contributed by atoms with Crippen LogP contribution in [0.3, 0.4) is 0 Å². The van der Waals surface area contributed by atoms with Crippen LogP contribution in [0.5, 0.6) is 0 Å². The van der Waals surface area contributed by atoms with Gasteiger partial charge in [-0.3, -0.25) is 4.79 Å². The van der Waals surface area contributed by atoms with E-state index in [1.807, 2.05) is 31.2 Å². The normalized spacial score (nSPS) is 10.4. The van der Waals surface area contributed by atoms with Gasteiger partial charge in [0.25, 0.3) is 0 Å². The molecule has 0 aliphatic heterocycles. The molecular formula is C12H14ClN5O. The Kier molecular flexibility index (Phi) is 4.46. The van der Waals surface area contributed by atoms with Crippen LogP contribution in [0, 0.1) is 6.92 Å². The number of halogens is 1. The number of aryl methyl sites for hydroxylation is 1. The molecule has 1 N–H and O–H groups in total. The second-order valence-electron chi connectivity index (χ2n) is 4.03. The lowest BCUT2D eigenvalue weighted by Crippen LogP contribution is -2.11. The van der Waals surface area contributed by atoms with Crippen molar-refractivity contribution >= 4 is 23.2 Å². The molecule has 2 aromatic rings. The Morgan fingerprint density at radius 3 is 3.00 bits per heavy atom. The van der Waals surface area contributed by atoms with Crippen molar-refractivity contribution < 1.29 is 4.79 Å². The zero-order chi connectivity index (χ0) is 13.7. The fourth-order valence-electron chi connectivity index (χ4n) is 1.64. The number of hydrogen-bond donors (Lipinski definition) is 1. The predicted octanol–water partition coefficient (Wildman–Crippen LogP) is 1.93. The SMILES string of the molecule is Cc1nnnn1-c1cccc(NC(=O)CCCCl)c1. The molecule has 1 aromatic carbocycles. The molecule has 2 rings (SSSR count). The third kappa shape index (κ3) is 3.51. The van der Waals surface area contributed by atoms with Crippen molar-refractivity contribution in [2.75, 3.05) is 11.2 Å². The number of carbonyl (C=O) groups excluding carboxylic acids is 1. The Bertz CT molecular complexity index is 569. The fraction of sp³-hybridized carbons (Fsp3) is 0.333. The van der Waals surface area contributed by atoms with Crippen LogP contribution in [-0.4, -0.2) is 32.0 Å². The maximum atomic E-state index is 11.6. The van der Waals surface area contributed by atoms with Gasteiger partial charge in [-0.2, -0.15) is 4.68 Å². The van der Waals surface area contributed by atoms with Crippen molar-refractivity contribution in [3.05, 3.63) is 30.1 Å². The number of benzene rings is 1. The summed E-state index contributed by atoms with van der Waals surface area (Å²) in [4.78, 5) is 11.6. The van der Waals surface area contributed by atoms with E-state index in [4.69, 9.17) is 11.6 Å². The molecule has 100 valence electrons. The second kappa shape index (κ2) is 6.29. The van der Waals surface area contributed by atoms with Gasteiger partial charge < -0.3 is 5.32 Å². The molecule has 1 aromatic heterocycles. The number of amides is 1. The van der Waals surface area contributed by atoms with Crippen LogP contribution < -0.4 is 5.32 Å². The number of rotatable bonds is 5. The Balaban J connectivity index is 2.12. The van der Waals surface area contributed by atoms with Crippen molar-refractivity contribution in [1.29, 1.82) is 0 Å². The van der Waals surface area contributed by atoms with Crippen molar-refractivity contribution in [2.24, 2.45) is 0 Å². The average molecular weight is 280 g/mol. The number of hydrogen-bond acceptors (Lipinski definition) is 4. The van der Waals surface area contributed by atoms with Gasteiger partial charge in [-0.05, 0) is 42.0 Å². The zero-order valence-corrected chi connectivity index (χ0v) is 11.3. The van der Waals surface area contributed by atoms with Crippen molar-refractivity contribution in [1.82, 2.24) is 20.2 Å². The number of alkyl halides is 1. The average Bonchev–Trinajstić information content (AvgIpc) is 2.83. The molecule has 0 saturated carbocycles. The summed E-state index contributed by atoms with van der Waals surface area (Å²) in [6.45, 7) is 1.81. The molecular weight excluding hydrogens is 266 g/mol. The first kappa shape index (κ1) is 13.5. The molecule has 6 nitrogen and oxygen atoms in total. The maximum absolute atomic E-state index is 11.6. The number of carbonyl (C=O) groups is 1. The van der Waals surface area contributed by atoms with Gasteiger partial charge in [0.15, 0.2) is 5.82 Å². The summed E-state index contributed by atoms with van der Waals surface area (Å²) in [6, 6.07) is 7.36. The highest BCUT2D eigenvalue weighted by atomic mass is 35.5. The van der Waals surface area contributed by atoms with Crippen LogP contribution in [0.2, 0.25) is 0 Å². The molecule has 0 aliphatic carbocycles. The first-order valence-electron chi connectivity index (χ1n) is 5.92. The van der Waals surface area contributed by atoms with Gasteiger partial charge in [-0.15, -0.1) is 16.7 Å². The van der Waals surface area contributed by atoms with Crippen molar-refractivity contribution in [2.45, 2.75) is 19.8 Å². The van der Waals surface area contributed by atoms with Crippen LogP contribution in [0.4, 0.5) is 5.69 Å². The highest BCUT2D eigenvalue weighted by Crippen LogP contribution is 2.15. The minimum Gasteiger partial charge on any atom is -0.326 e. The molecule has 0 saturated heterocycles. The summed E-state index contributed by atoms with van der Waals surface area (Å²) in [6.07, 6.45) is 1.08. The number of nitrogens with zero attached hydrogens (tertiary/aromatic N) is 4. The van der Waals surface area contributed by atoms with Crippen LogP contribution in [0.15, 0.2) is 24.3 Å². The molecule has 0 atom stereocenters. The smallest absolute Gasteiger partial charge is 0.224 e. The lowest BCUT2D eigenvalue weighted by Gasteiger charge is -2.07. The molecule has 7 heteroatoms. The molecule has 0 fully saturated rings. The molecule has 0 spiro atoms.